The average Bonchev–Trinajstić information content (AvgIpc) is 2.50. The van der Waals surface area contributed by atoms with E-state index < -0.39 is 0 Å². The first-order valence-corrected chi connectivity index (χ1v) is 7.88. The molecule has 0 aliphatic carbocycles. The van der Waals surface area contributed by atoms with E-state index in [0.717, 1.165) is 32.1 Å². The molecule has 0 amide bonds. The van der Waals surface area contributed by atoms with E-state index in [-0.39, 0.29) is 0 Å². The van der Waals surface area contributed by atoms with Gasteiger partial charge in [0.1, 0.15) is 0 Å². The summed E-state index contributed by atoms with van der Waals surface area (Å²) in [4.78, 5) is 9.29. The zero-order valence-electron chi connectivity index (χ0n) is 14.1. The molecule has 0 saturated carbocycles. The smallest absolute Gasteiger partial charge is 0.193 e. The molecule has 0 heterocycles. The van der Waals surface area contributed by atoms with Crippen molar-refractivity contribution in [3.8, 4) is 0 Å². The van der Waals surface area contributed by atoms with E-state index in [0.29, 0.717) is 6.04 Å². The monoisotopic (exact) mass is 290 g/mol. The minimum Gasteiger partial charge on any atom is -0.357 e. The Morgan fingerprint density at radius 1 is 1.10 bits per heavy atom. The summed E-state index contributed by atoms with van der Waals surface area (Å²) in [6, 6.07) is 11.0. The van der Waals surface area contributed by atoms with Crippen molar-refractivity contribution in [1.29, 1.82) is 0 Å². The van der Waals surface area contributed by atoms with E-state index in [2.05, 4.69) is 61.3 Å². The summed E-state index contributed by atoms with van der Waals surface area (Å²) < 4.78 is 0. The molecule has 0 saturated heterocycles. The van der Waals surface area contributed by atoms with Gasteiger partial charge in [0.2, 0.25) is 0 Å². The van der Waals surface area contributed by atoms with Crippen LogP contribution in [0, 0.1) is 0 Å². The van der Waals surface area contributed by atoms with Crippen LogP contribution in [0.15, 0.2) is 35.3 Å². The second-order valence-electron chi connectivity index (χ2n) is 5.24. The number of hydrogen-bond acceptors (Lipinski definition) is 2. The molecule has 0 fully saturated rings. The van der Waals surface area contributed by atoms with Crippen molar-refractivity contribution in [2.24, 2.45) is 4.99 Å². The van der Waals surface area contributed by atoms with Crippen molar-refractivity contribution in [2.45, 2.75) is 26.8 Å². The molecule has 0 radical (unpaired) electrons. The zero-order chi connectivity index (χ0) is 15.7. The Bertz CT molecular complexity index is 410. The lowest BCUT2D eigenvalue weighted by atomic mass is 10.1. The van der Waals surface area contributed by atoms with E-state index >= 15 is 0 Å². The molecule has 21 heavy (non-hydrogen) atoms. The van der Waals surface area contributed by atoms with Gasteiger partial charge in [0.05, 0.1) is 12.6 Å². The van der Waals surface area contributed by atoms with Crippen LogP contribution in [0.25, 0.3) is 0 Å². The molecule has 0 aromatic heterocycles. The van der Waals surface area contributed by atoms with Crippen LogP contribution in [0.1, 0.15) is 32.4 Å². The van der Waals surface area contributed by atoms with Gasteiger partial charge < -0.3 is 10.2 Å². The zero-order valence-corrected chi connectivity index (χ0v) is 14.1. The van der Waals surface area contributed by atoms with Gasteiger partial charge in [0, 0.05) is 20.6 Å². The van der Waals surface area contributed by atoms with Crippen LogP contribution in [0.4, 0.5) is 0 Å². The van der Waals surface area contributed by atoms with E-state index in [1.807, 2.05) is 19.0 Å². The van der Waals surface area contributed by atoms with Crippen LogP contribution in [0.5, 0.6) is 0 Å². The number of aliphatic imine (C=N–C) groups is 1. The SMILES string of the molecule is CCNC(=NCC(c1ccccc1)N(CC)CC)N(C)C. The lowest BCUT2D eigenvalue weighted by Gasteiger charge is -2.29. The molecule has 1 atom stereocenters. The standard InChI is InChI=1S/C17H30N4/c1-6-18-17(20(4)5)19-14-16(21(7-2)8-3)15-12-10-9-11-13-15/h9-13,16H,6-8,14H2,1-5H3,(H,18,19). The molecule has 118 valence electrons. The third-order valence-corrected chi connectivity index (χ3v) is 3.61. The first kappa shape index (κ1) is 17.5. The lowest BCUT2D eigenvalue weighted by Crippen LogP contribution is -2.37. The predicted molar refractivity (Wildman–Crippen MR) is 91.8 cm³/mol. The molecule has 1 rings (SSSR count). The Morgan fingerprint density at radius 3 is 2.19 bits per heavy atom. The Morgan fingerprint density at radius 2 is 1.71 bits per heavy atom. The molecule has 0 spiro atoms. The number of benzene rings is 1. The summed E-state index contributed by atoms with van der Waals surface area (Å²) in [5.41, 5.74) is 1.33. The number of rotatable bonds is 7. The maximum absolute atomic E-state index is 4.80. The maximum atomic E-state index is 4.80. The van der Waals surface area contributed by atoms with Crippen LogP contribution in [0.3, 0.4) is 0 Å². The van der Waals surface area contributed by atoms with E-state index in [9.17, 15) is 0 Å². The second-order valence-corrected chi connectivity index (χ2v) is 5.24. The van der Waals surface area contributed by atoms with Gasteiger partial charge in [-0.2, -0.15) is 0 Å². The molecule has 1 aromatic carbocycles. The average molecular weight is 290 g/mol. The molecule has 1 aromatic rings. The maximum Gasteiger partial charge on any atom is 0.193 e. The fourth-order valence-corrected chi connectivity index (χ4v) is 2.46. The van der Waals surface area contributed by atoms with E-state index in [1.165, 1.54) is 5.56 Å². The summed E-state index contributed by atoms with van der Waals surface area (Å²) in [6.45, 7) is 10.2. The lowest BCUT2D eigenvalue weighted by molar-refractivity contribution is 0.224. The van der Waals surface area contributed by atoms with Crippen LogP contribution >= 0.6 is 0 Å². The quantitative estimate of drug-likeness (QED) is 0.618. The Balaban J connectivity index is 2.95. The van der Waals surface area contributed by atoms with Crippen LogP contribution < -0.4 is 5.32 Å². The molecule has 1 unspecified atom stereocenters. The summed E-state index contributed by atoms with van der Waals surface area (Å²) in [5, 5.41) is 3.32. The third kappa shape index (κ3) is 5.38. The number of nitrogens with zero attached hydrogens (tertiary/aromatic N) is 3. The highest BCUT2D eigenvalue weighted by Crippen LogP contribution is 2.20. The first-order valence-electron chi connectivity index (χ1n) is 7.88. The molecule has 4 nitrogen and oxygen atoms in total. The fourth-order valence-electron chi connectivity index (χ4n) is 2.46. The number of likely N-dealkylation sites (N-methyl/N-ethyl adjacent to an activating group) is 1. The van der Waals surface area contributed by atoms with E-state index in [4.69, 9.17) is 4.99 Å². The summed E-state index contributed by atoms with van der Waals surface area (Å²) in [6.07, 6.45) is 0. The van der Waals surface area contributed by atoms with Gasteiger partial charge >= 0.3 is 0 Å². The van der Waals surface area contributed by atoms with Gasteiger partial charge in [-0.05, 0) is 25.6 Å². The highest BCUT2D eigenvalue weighted by molar-refractivity contribution is 5.79. The topological polar surface area (TPSA) is 30.9 Å². The van der Waals surface area contributed by atoms with Crippen molar-refractivity contribution in [3.63, 3.8) is 0 Å². The Kier molecular flexibility index (Phi) is 7.83. The van der Waals surface area contributed by atoms with Crippen molar-refractivity contribution in [2.75, 3.05) is 40.3 Å². The van der Waals surface area contributed by atoms with Gasteiger partial charge in [0.25, 0.3) is 0 Å². The largest absolute Gasteiger partial charge is 0.357 e. The molecule has 0 aliphatic heterocycles. The number of hydrogen-bond donors (Lipinski definition) is 1. The van der Waals surface area contributed by atoms with Crippen molar-refractivity contribution in [3.05, 3.63) is 35.9 Å². The van der Waals surface area contributed by atoms with Crippen LogP contribution in [-0.4, -0.2) is 56.0 Å². The third-order valence-electron chi connectivity index (χ3n) is 3.61. The Labute approximate surface area is 129 Å². The second kappa shape index (κ2) is 9.40. The van der Waals surface area contributed by atoms with Crippen LogP contribution in [0.2, 0.25) is 0 Å². The van der Waals surface area contributed by atoms with Gasteiger partial charge in [-0.3, -0.25) is 9.89 Å². The minimum absolute atomic E-state index is 0.329. The predicted octanol–water partition coefficient (Wildman–Crippen LogP) is 2.60. The summed E-state index contributed by atoms with van der Waals surface area (Å²) in [7, 11) is 4.05. The van der Waals surface area contributed by atoms with Crippen LogP contribution in [-0.2, 0) is 0 Å². The molecular weight excluding hydrogens is 260 g/mol. The highest BCUT2D eigenvalue weighted by atomic mass is 15.3. The Hall–Kier alpha value is -1.55. The van der Waals surface area contributed by atoms with Gasteiger partial charge in [0.15, 0.2) is 5.96 Å². The van der Waals surface area contributed by atoms with Gasteiger partial charge in [-0.25, -0.2) is 0 Å². The highest BCUT2D eigenvalue weighted by Gasteiger charge is 2.17. The number of nitrogens with one attached hydrogen (secondary N) is 1. The molecular formula is C17H30N4. The molecule has 0 aliphatic rings. The summed E-state index contributed by atoms with van der Waals surface area (Å²) in [5.74, 6) is 0.950. The van der Waals surface area contributed by atoms with Gasteiger partial charge in [-0.1, -0.05) is 44.2 Å². The summed E-state index contributed by atoms with van der Waals surface area (Å²) >= 11 is 0. The van der Waals surface area contributed by atoms with E-state index in [1.54, 1.807) is 0 Å². The van der Waals surface area contributed by atoms with Gasteiger partial charge in [-0.15, -0.1) is 0 Å². The van der Waals surface area contributed by atoms with Crippen molar-refractivity contribution in [1.82, 2.24) is 15.1 Å². The number of guanidine groups is 1. The fraction of sp³-hybridized carbons (Fsp3) is 0.588. The van der Waals surface area contributed by atoms with Crippen molar-refractivity contribution < 1.29 is 0 Å². The molecule has 0 bridgehead atoms. The molecule has 4 heteroatoms. The molecule has 1 N–H and O–H groups in total. The minimum atomic E-state index is 0.329. The normalized spacial score (nSPS) is 13.3. The first-order chi connectivity index (χ1) is 10.1. The van der Waals surface area contributed by atoms with Crippen molar-refractivity contribution >= 4 is 5.96 Å².